The molecular weight excluding hydrogens is 252 g/mol. The summed E-state index contributed by atoms with van der Waals surface area (Å²) in [5.41, 5.74) is 2.49. The molecule has 1 aliphatic rings. The van der Waals surface area contributed by atoms with Gasteiger partial charge in [-0.3, -0.25) is 0 Å². The maximum absolute atomic E-state index is 10.2. The summed E-state index contributed by atoms with van der Waals surface area (Å²) in [4.78, 5) is 0. The van der Waals surface area contributed by atoms with Gasteiger partial charge in [-0.05, 0) is 43.2 Å². The van der Waals surface area contributed by atoms with E-state index < -0.39 is 6.10 Å². The third kappa shape index (κ3) is 3.62. The summed E-state index contributed by atoms with van der Waals surface area (Å²) in [5, 5.41) is 19.6. The predicted molar refractivity (Wildman–Crippen MR) is 79.8 cm³/mol. The van der Waals surface area contributed by atoms with E-state index in [9.17, 15) is 10.2 Å². The first-order chi connectivity index (χ1) is 9.56. The molecule has 1 atom stereocenters. The smallest absolute Gasteiger partial charge is 0.115 e. The highest BCUT2D eigenvalue weighted by Gasteiger charge is 2.11. The number of phenolic OH excluding ortho intramolecular Hbond substituents is 1. The highest BCUT2D eigenvalue weighted by Crippen LogP contribution is 2.23. The molecule has 0 spiro atoms. The van der Waals surface area contributed by atoms with Crippen LogP contribution in [0.1, 0.15) is 19.4 Å². The lowest BCUT2D eigenvalue weighted by Crippen LogP contribution is -2.06. The lowest BCUT2D eigenvalue weighted by Gasteiger charge is -2.13. The van der Waals surface area contributed by atoms with Crippen LogP contribution in [-0.4, -0.2) is 16.3 Å². The van der Waals surface area contributed by atoms with Crippen LogP contribution in [0.5, 0.6) is 5.75 Å². The molecule has 0 fully saturated rings. The van der Waals surface area contributed by atoms with E-state index in [2.05, 4.69) is 0 Å². The second-order valence-corrected chi connectivity index (χ2v) is 4.73. The van der Waals surface area contributed by atoms with Crippen molar-refractivity contribution in [3.05, 3.63) is 71.7 Å². The zero-order chi connectivity index (χ0) is 14.5. The van der Waals surface area contributed by atoms with Crippen LogP contribution in [0.25, 0.3) is 5.57 Å². The van der Waals surface area contributed by atoms with Crippen LogP contribution in [0.4, 0.5) is 0 Å². The summed E-state index contributed by atoms with van der Waals surface area (Å²) in [5.74, 6) is 0.937. The Morgan fingerprint density at radius 1 is 1.10 bits per heavy atom. The predicted octanol–water partition coefficient (Wildman–Crippen LogP) is 3.53. The van der Waals surface area contributed by atoms with E-state index in [0.717, 1.165) is 16.9 Å². The van der Waals surface area contributed by atoms with Crippen LogP contribution < -0.4 is 0 Å². The van der Waals surface area contributed by atoms with E-state index in [4.69, 9.17) is 4.74 Å². The minimum Gasteiger partial charge on any atom is -0.508 e. The van der Waals surface area contributed by atoms with Gasteiger partial charge in [-0.1, -0.05) is 30.4 Å². The van der Waals surface area contributed by atoms with Gasteiger partial charge in [0, 0.05) is 5.57 Å². The summed E-state index contributed by atoms with van der Waals surface area (Å²) >= 11 is 0. The van der Waals surface area contributed by atoms with E-state index in [-0.39, 0.29) is 5.75 Å². The molecule has 0 bridgehead atoms. The second kappa shape index (κ2) is 6.26. The highest BCUT2D eigenvalue weighted by molar-refractivity contribution is 5.70. The third-order valence-corrected chi connectivity index (χ3v) is 2.97. The van der Waals surface area contributed by atoms with Crippen LogP contribution in [0, 0.1) is 0 Å². The van der Waals surface area contributed by atoms with Crippen molar-refractivity contribution in [3.63, 3.8) is 0 Å². The summed E-state index contributed by atoms with van der Waals surface area (Å²) in [6, 6.07) is 6.65. The number of ether oxygens (including phenoxy) is 1. The molecule has 0 unspecified atom stereocenters. The molecule has 0 aliphatic carbocycles. The number of hydrogen-bond acceptors (Lipinski definition) is 3. The zero-order valence-corrected chi connectivity index (χ0v) is 11.6. The van der Waals surface area contributed by atoms with Crippen molar-refractivity contribution in [2.75, 3.05) is 0 Å². The number of rotatable bonds is 1. The third-order valence-electron chi connectivity index (χ3n) is 2.97. The fourth-order valence-corrected chi connectivity index (χ4v) is 1.94. The van der Waals surface area contributed by atoms with Gasteiger partial charge in [0.15, 0.2) is 0 Å². The van der Waals surface area contributed by atoms with Gasteiger partial charge in [-0.2, -0.15) is 0 Å². The Kier molecular flexibility index (Phi) is 4.43. The molecular formula is C17H18O3. The number of hydrogen-bond donors (Lipinski definition) is 2. The van der Waals surface area contributed by atoms with Crippen molar-refractivity contribution in [1.29, 1.82) is 0 Å². The van der Waals surface area contributed by atoms with Crippen molar-refractivity contribution in [2.45, 2.75) is 20.0 Å². The van der Waals surface area contributed by atoms with Gasteiger partial charge < -0.3 is 14.9 Å². The average molecular weight is 270 g/mol. The summed E-state index contributed by atoms with van der Waals surface area (Å²) in [7, 11) is 0. The maximum atomic E-state index is 10.2. The minimum absolute atomic E-state index is 0.190. The van der Waals surface area contributed by atoms with Crippen molar-refractivity contribution in [3.8, 4) is 5.75 Å². The van der Waals surface area contributed by atoms with Crippen molar-refractivity contribution in [1.82, 2.24) is 0 Å². The molecule has 0 saturated heterocycles. The Bertz CT molecular complexity index is 589. The Balaban J connectivity index is 2.38. The average Bonchev–Trinajstić information content (AvgIpc) is 2.40. The highest BCUT2D eigenvalue weighted by atomic mass is 16.5. The monoisotopic (exact) mass is 270 g/mol. The van der Waals surface area contributed by atoms with E-state index in [0.29, 0.717) is 5.57 Å². The number of aliphatic hydroxyl groups is 1. The van der Waals surface area contributed by atoms with E-state index in [1.54, 1.807) is 36.6 Å². The Hall–Kier alpha value is -2.26. The van der Waals surface area contributed by atoms with E-state index in [1.807, 2.05) is 32.1 Å². The molecule has 104 valence electrons. The molecule has 1 aromatic rings. The fraction of sp³-hybridized carbons (Fsp3) is 0.176. The molecule has 1 aromatic carbocycles. The molecule has 20 heavy (non-hydrogen) atoms. The quantitative estimate of drug-likeness (QED) is 0.820. The molecule has 0 aromatic heterocycles. The topological polar surface area (TPSA) is 49.7 Å². The Morgan fingerprint density at radius 3 is 2.50 bits per heavy atom. The molecule has 3 nitrogen and oxygen atoms in total. The number of aliphatic hydroxyl groups excluding tert-OH is 1. The molecule has 2 N–H and O–H groups in total. The van der Waals surface area contributed by atoms with Crippen LogP contribution in [0.15, 0.2) is 66.2 Å². The summed E-state index contributed by atoms with van der Waals surface area (Å²) < 4.78 is 5.56. The van der Waals surface area contributed by atoms with Gasteiger partial charge >= 0.3 is 0 Å². The molecule has 3 heteroatoms. The maximum Gasteiger partial charge on any atom is 0.115 e. The zero-order valence-electron chi connectivity index (χ0n) is 11.6. The first kappa shape index (κ1) is 14.2. The number of aromatic hydroxyl groups is 1. The van der Waals surface area contributed by atoms with Gasteiger partial charge in [0.1, 0.15) is 17.6 Å². The van der Waals surface area contributed by atoms with Gasteiger partial charge in [0.25, 0.3) is 0 Å². The SMILES string of the molecule is CC1=C/C=C/[C@H](O)/C(c2ccc(O)cc2)=C\O\C(C)=C\1. The van der Waals surface area contributed by atoms with Crippen molar-refractivity contribution >= 4 is 5.57 Å². The van der Waals surface area contributed by atoms with Crippen LogP contribution in [0.3, 0.4) is 0 Å². The summed E-state index contributed by atoms with van der Waals surface area (Å²) in [6.45, 7) is 3.83. The Labute approximate surface area is 118 Å². The molecule has 2 rings (SSSR count). The van der Waals surface area contributed by atoms with Crippen molar-refractivity contribution in [2.24, 2.45) is 0 Å². The van der Waals surface area contributed by atoms with Gasteiger partial charge in [0.05, 0.1) is 6.26 Å². The first-order valence-electron chi connectivity index (χ1n) is 6.44. The molecule has 0 amide bonds. The second-order valence-electron chi connectivity index (χ2n) is 4.73. The number of allylic oxidation sites excluding steroid dienone is 5. The lowest BCUT2D eigenvalue weighted by molar-refractivity contribution is 0.273. The molecule has 0 radical (unpaired) electrons. The van der Waals surface area contributed by atoms with Crippen molar-refractivity contribution < 1.29 is 14.9 Å². The number of phenols is 1. The summed E-state index contributed by atoms with van der Waals surface area (Å²) in [6.07, 6.45) is 8.13. The fourth-order valence-electron chi connectivity index (χ4n) is 1.94. The van der Waals surface area contributed by atoms with Crippen LogP contribution in [0.2, 0.25) is 0 Å². The normalized spacial score (nSPS) is 28.9. The van der Waals surface area contributed by atoms with Crippen LogP contribution in [-0.2, 0) is 4.74 Å². The first-order valence-corrected chi connectivity index (χ1v) is 6.44. The minimum atomic E-state index is -0.769. The molecule has 1 aliphatic heterocycles. The van der Waals surface area contributed by atoms with E-state index in [1.165, 1.54) is 0 Å². The van der Waals surface area contributed by atoms with Gasteiger partial charge in [-0.15, -0.1) is 0 Å². The van der Waals surface area contributed by atoms with Crippen LogP contribution >= 0.6 is 0 Å². The largest absolute Gasteiger partial charge is 0.508 e. The molecule has 1 heterocycles. The molecule has 0 saturated carbocycles. The van der Waals surface area contributed by atoms with E-state index >= 15 is 0 Å². The number of benzene rings is 1. The van der Waals surface area contributed by atoms with Gasteiger partial charge in [0.2, 0.25) is 0 Å². The standard InChI is InChI=1S/C17H18O3/c1-12-4-3-5-17(19)16(11-20-13(2)10-12)14-6-8-15(18)9-7-14/h3-11,17-19H,1-2H3/b5-3+,12-4-,13-10+,16-11-/t17-/m0/s1. The lowest BCUT2D eigenvalue weighted by atomic mass is 10.0. The van der Waals surface area contributed by atoms with Gasteiger partial charge in [-0.25, -0.2) is 0 Å². The Morgan fingerprint density at radius 2 is 1.80 bits per heavy atom.